The highest BCUT2D eigenvalue weighted by atomic mass is 127. The standard InChI is InChI=1S/C26H33N5O.HI/c1-2-27-26(28-15-6-17-30-18-14-23-7-3-4-8-24(23)30)29-19-21-10-12-22(13-11-21)20-31-16-5-9-25(31)32;/h3-4,7-8,10-14,18H,2,5-6,9,15-17,19-20H2,1H3,(H2,27,28,29);1H. The Balaban J connectivity index is 0.00000306. The summed E-state index contributed by atoms with van der Waals surface area (Å²) >= 11 is 0. The Labute approximate surface area is 213 Å². The van der Waals surface area contributed by atoms with E-state index in [1.165, 1.54) is 16.5 Å². The Morgan fingerprint density at radius 3 is 2.58 bits per heavy atom. The number of aliphatic imine (C=N–C) groups is 1. The van der Waals surface area contributed by atoms with Gasteiger partial charge in [0.15, 0.2) is 5.96 Å². The van der Waals surface area contributed by atoms with Crippen molar-refractivity contribution in [3.05, 3.63) is 71.9 Å². The summed E-state index contributed by atoms with van der Waals surface area (Å²) in [5.74, 6) is 1.11. The molecule has 3 aromatic rings. The van der Waals surface area contributed by atoms with Crippen LogP contribution in [0.5, 0.6) is 0 Å². The van der Waals surface area contributed by atoms with Crippen molar-refractivity contribution in [3.63, 3.8) is 0 Å². The van der Waals surface area contributed by atoms with Crippen molar-refractivity contribution in [1.82, 2.24) is 20.1 Å². The average molecular weight is 559 g/mol. The molecule has 1 aliphatic heterocycles. The van der Waals surface area contributed by atoms with Crippen LogP contribution in [0.4, 0.5) is 0 Å². The number of fused-ring (bicyclic) bond motifs is 1. The summed E-state index contributed by atoms with van der Waals surface area (Å²) in [6.45, 7) is 6.96. The largest absolute Gasteiger partial charge is 0.357 e. The lowest BCUT2D eigenvalue weighted by Gasteiger charge is -2.15. The van der Waals surface area contributed by atoms with Gasteiger partial charge < -0.3 is 20.1 Å². The van der Waals surface area contributed by atoms with Crippen molar-refractivity contribution in [2.75, 3.05) is 19.6 Å². The number of nitrogens with one attached hydrogen (secondary N) is 2. The number of benzene rings is 2. The van der Waals surface area contributed by atoms with E-state index in [0.717, 1.165) is 50.5 Å². The normalized spacial score (nSPS) is 13.9. The second-order valence-electron chi connectivity index (χ2n) is 8.28. The van der Waals surface area contributed by atoms with Crippen LogP contribution in [0.1, 0.15) is 37.3 Å². The summed E-state index contributed by atoms with van der Waals surface area (Å²) in [7, 11) is 0. The van der Waals surface area contributed by atoms with Crippen molar-refractivity contribution in [2.24, 2.45) is 4.99 Å². The number of likely N-dealkylation sites (tertiary alicyclic amines) is 1. The van der Waals surface area contributed by atoms with Gasteiger partial charge >= 0.3 is 0 Å². The van der Waals surface area contributed by atoms with Gasteiger partial charge in [0.05, 0.1) is 6.54 Å². The zero-order valence-corrected chi connectivity index (χ0v) is 21.6. The minimum Gasteiger partial charge on any atom is -0.357 e. The van der Waals surface area contributed by atoms with Crippen LogP contribution in [0.3, 0.4) is 0 Å². The van der Waals surface area contributed by atoms with E-state index in [2.05, 4.69) is 82.9 Å². The summed E-state index contributed by atoms with van der Waals surface area (Å²) in [5, 5.41) is 8.06. The van der Waals surface area contributed by atoms with Crippen LogP contribution >= 0.6 is 24.0 Å². The summed E-state index contributed by atoms with van der Waals surface area (Å²) in [4.78, 5) is 18.5. The van der Waals surface area contributed by atoms with Crippen molar-refractivity contribution < 1.29 is 4.79 Å². The molecule has 0 bridgehead atoms. The number of halogens is 1. The Kier molecular flexibility index (Phi) is 9.60. The van der Waals surface area contributed by atoms with Gasteiger partial charge in [0.25, 0.3) is 0 Å². The summed E-state index contributed by atoms with van der Waals surface area (Å²) in [5.41, 5.74) is 3.62. The first-order valence-electron chi connectivity index (χ1n) is 11.6. The third-order valence-electron chi connectivity index (χ3n) is 5.88. The SMILES string of the molecule is CCNC(=NCc1ccc(CN2CCCC2=O)cc1)NCCCn1ccc2ccccc21.I. The average Bonchev–Trinajstić information content (AvgIpc) is 3.42. The molecule has 0 atom stereocenters. The zero-order valence-electron chi connectivity index (χ0n) is 19.3. The Morgan fingerprint density at radius 1 is 1.03 bits per heavy atom. The van der Waals surface area contributed by atoms with Crippen molar-refractivity contribution >= 4 is 46.7 Å². The zero-order chi connectivity index (χ0) is 22.2. The van der Waals surface area contributed by atoms with Gasteiger partial charge in [-0.25, -0.2) is 4.99 Å². The molecule has 1 fully saturated rings. The second kappa shape index (κ2) is 12.6. The molecular formula is C26H34IN5O. The predicted octanol–water partition coefficient (Wildman–Crippen LogP) is 4.53. The lowest BCUT2D eigenvalue weighted by molar-refractivity contribution is -0.128. The van der Waals surface area contributed by atoms with Crippen LogP contribution in [0, 0.1) is 0 Å². The number of nitrogens with zero attached hydrogens (tertiary/aromatic N) is 3. The second-order valence-corrected chi connectivity index (χ2v) is 8.28. The molecule has 2 aromatic carbocycles. The molecule has 4 rings (SSSR count). The lowest BCUT2D eigenvalue weighted by atomic mass is 10.1. The van der Waals surface area contributed by atoms with Crippen molar-refractivity contribution in [2.45, 2.75) is 45.8 Å². The molecule has 33 heavy (non-hydrogen) atoms. The molecule has 1 saturated heterocycles. The number of aromatic nitrogens is 1. The first-order chi connectivity index (χ1) is 15.7. The molecule has 0 saturated carbocycles. The number of carbonyl (C=O) groups is 1. The molecule has 176 valence electrons. The number of aryl methyl sites for hydroxylation is 1. The van der Waals surface area contributed by atoms with Crippen LogP contribution in [-0.4, -0.2) is 41.0 Å². The molecule has 0 unspecified atom stereocenters. The molecule has 0 aliphatic carbocycles. The van der Waals surface area contributed by atoms with E-state index in [0.29, 0.717) is 19.5 Å². The van der Waals surface area contributed by atoms with Crippen molar-refractivity contribution in [1.29, 1.82) is 0 Å². The van der Waals surface area contributed by atoms with Gasteiger partial charge in [-0.05, 0) is 48.4 Å². The fourth-order valence-corrected chi connectivity index (χ4v) is 4.15. The third kappa shape index (κ3) is 6.96. The van der Waals surface area contributed by atoms with E-state index < -0.39 is 0 Å². The summed E-state index contributed by atoms with van der Waals surface area (Å²) in [6.07, 6.45) is 4.85. The lowest BCUT2D eigenvalue weighted by Crippen LogP contribution is -2.38. The van der Waals surface area contributed by atoms with Crippen LogP contribution < -0.4 is 10.6 Å². The van der Waals surface area contributed by atoms with Crippen molar-refractivity contribution in [3.8, 4) is 0 Å². The smallest absolute Gasteiger partial charge is 0.222 e. The van der Waals surface area contributed by atoms with Gasteiger partial charge in [-0.2, -0.15) is 0 Å². The van der Waals surface area contributed by atoms with E-state index in [1.807, 2.05) is 4.90 Å². The fraction of sp³-hybridized carbons (Fsp3) is 0.385. The van der Waals surface area contributed by atoms with Gasteiger partial charge in [0.1, 0.15) is 0 Å². The number of rotatable bonds is 9. The maximum atomic E-state index is 11.8. The van der Waals surface area contributed by atoms with E-state index in [9.17, 15) is 4.79 Å². The fourth-order valence-electron chi connectivity index (χ4n) is 4.15. The van der Waals surface area contributed by atoms with Gasteiger partial charge in [0.2, 0.25) is 5.91 Å². The Hall–Kier alpha value is -2.55. The van der Waals surface area contributed by atoms with Gasteiger partial charge in [-0.3, -0.25) is 4.79 Å². The predicted molar refractivity (Wildman–Crippen MR) is 146 cm³/mol. The van der Waals surface area contributed by atoms with E-state index in [4.69, 9.17) is 4.99 Å². The van der Waals surface area contributed by atoms with Gasteiger partial charge in [-0.15, -0.1) is 24.0 Å². The molecule has 0 radical (unpaired) electrons. The van der Waals surface area contributed by atoms with E-state index in [-0.39, 0.29) is 29.9 Å². The number of para-hydroxylation sites is 1. The third-order valence-corrected chi connectivity index (χ3v) is 5.88. The molecule has 7 heteroatoms. The molecule has 6 nitrogen and oxygen atoms in total. The van der Waals surface area contributed by atoms with Crippen LogP contribution in [0.15, 0.2) is 65.8 Å². The van der Waals surface area contributed by atoms with Crippen LogP contribution in [0.2, 0.25) is 0 Å². The molecule has 1 aromatic heterocycles. The number of hydrogen-bond donors (Lipinski definition) is 2. The number of guanidine groups is 1. The first-order valence-corrected chi connectivity index (χ1v) is 11.6. The molecule has 1 aliphatic rings. The minimum atomic E-state index is 0. The van der Waals surface area contributed by atoms with E-state index >= 15 is 0 Å². The van der Waals surface area contributed by atoms with Gasteiger partial charge in [-0.1, -0.05) is 42.5 Å². The number of amides is 1. The minimum absolute atomic E-state index is 0. The monoisotopic (exact) mass is 559 g/mol. The maximum absolute atomic E-state index is 11.8. The molecule has 0 spiro atoms. The molecule has 2 heterocycles. The van der Waals surface area contributed by atoms with Crippen LogP contribution in [-0.2, 0) is 24.4 Å². The quantitative estimate of drug-likeness (QED) is 0.175. The summed E-state index contributed by atoms with van der Waals surface area (Å²) in [6, 6.07) is 19.1. The Morgan fingerprint density at radius 2 is 1.82 bits per heavy atom. The van der Waals surface area contributed by atoms with Gasteiger partial charge in [0, 0.05) is 50.9 Å². The van der Waals surface area contributed by atoms with E-state index in [1.54, 1.807) is 0 Å². The topological polar surface area (TPSA) is 61.7 Å². The number of carbonyl (C=O) groups excluding carboxylic acids is 1. The maximum Gasteiger partial charge on any atom is 0.222 e. The molecular weight excluding hydrogens is 525 g/mol. The number of hydrogen-bond acceptors (Lipinski definition) is 2. The molecule has 2 N–H and O–H groups in total. The first kappa shape index (κ1) is 25.1. The highest BCUT2D eigenvalue weighted by Crippen LogP contribution is 2.16. The highest BCUT2D eigenvalue weighted by molar-refractivity contribution is 14.0. The summed E-state index contributed by atoms with van der Waals surface area (Å²) < 4.78 is 2.30. The highest BCUT2D eigenvalue weighted by Gasteiger charge is 2.19. The Bertz CT molecular complexity index is 1060. The molecule has 1 amide bonds. The van der Waals surface area contributed by atoms with Crippen LogP contribution in [0.25, 0.3) is 10.9 Å².